The summed E-state index contributed by atoms with van der Waals surface area (Å²) in [6.07, 6.45) is 2.63. The molecule has 1 aliphatic carbocycles. The maximum atomic E-state index is 13.7. The molecule has 0 spiro atoms. The summed E-state index contributed by atoms with van der Waals surface area (Å²) in [4.78, 5) is 12.2. The van der Waals surface area contributed by atoms with Crippen LogP contribution >= 0.6 is 0 Å². The SMILES string of the molecule is CS(=O)(=O)N(c1ccc(F)cc1NC(=O)CCOc1ccccc1)C1CC1. The summed E-state index contributed by atoms with van der Waals surface area (Å²) in [7, 11) is -3.54. The number of nitrogens with one attached hydrogen (secondary N) is 1. The molecule has 27 heavy (non-hydrogen) atoms. The second-order valence-corrected chi connectivity index (χ2v) is 8.27. The normalized spacial score (nSPS) is 13.9. The summed E-state index contributed by atoms with van der Waals surface area (Å²) in [5.41, 5.74) is 0.413. The Hall–Kier alpha value is -2.61. The van der Waals surface area contributed by atoms with Crippen LogP contribution in [0.5, 0.6) is 5.75 Å². The summed E-state index contributed by atoms with van der Waals surface area (Å²) < 4.78 is 44.8. The molecule has 1 saturated carbocycles. The van der Waals surface area contributed by atoms with Gasteiger partial charge in [-0.1, -0.05) is 18.2 Å². The summed E-state index contributed by atoms with van der Waals surface area (Å²) in [5, 5.41) is 2.61. The standard InChI is InChI=1S/C19H21FN2O4S/c1-27(24,25)22(15-8-9-15)18-10-7-14(20)13-17(18)21-19(23)11-12-26-16-5-3-2-4-6-16/h2-7,10,13,15H,8-9,11-12H2,1H3,(H,21,23). The van der Waals surface area contributed by atoms with Crippen molar-refractivity contribution >= 4 is 27.3 Å². The molecule has 0 heterocycles. The third kappa shape index (κ3) is 5.19. The van der Waals surface area contributed by atoms with Crippen LogP contribution in [0.4, 0.5) is 15.8 Å². The smallest absolute Gasteiger partial charge is 0.232 e. The first-order chi connectivity index (χ1) is 12.8. The zero-order valence-corrected chi connectivity index (χ0v) is 15.7. The van der Waals surface area contributed by atoms with Gasteiger partial charge in [-0.15, -0.1) is 0 Å². The van der Waals surface area contributed by atoms with Crippen molar-refractivity contribution in [2.75, 3.05) is 22.5 Å². The Morgan fingerprint density at radius 1 is 1.22 bits per heavy atom. The lowest BCUT2D eigenvalue weighted by atomic mass is 10.2. The van der Waals surface area contributed by atoms with Gasteiger partial charge in [0, 0.05) is 6.04 Å². The highest BCUT2D eigenvalue weighted by Gasteiger charge is 2.36. The van der Waals surface area contributed by atoms with Crippen molar-refractivity contribution in [2.24, 2.45) is 0 Å². The summed E-state index contributed by atoms with van der Waals surface area (Å²) in [6.45, 7) is 0.152. The Morgan fingerprint density at radius 3 is 2.56 bits per heavy atom. The van der Waals surface area contributed by atoms with Gasteiger partial charge in [0.25, 0.3) is 0 Å². The minimum atomic E-state index is -3.54. The molecule has 1 N–H and O–H groups in total. The van der Waals surface area contributed by atoms with Crippen molar-refractivity contribution in [3.8, 4) is 5.75 Å². The average Bonchev–Trinajstić information content (AvgIpc) is 3.42. The highest BCUT2D eigenvalue weighted by atomic mass is 32.2. The number of nitrogens with zero attached hydrogens (tertiary/aromatic N) is 1. The molecule has 1 amide bonds. The monoisotopic (exact) mass is 392 g/mol. The molecule has 0 aromatic heterocycles. The number of hydrogen-bond acceptors (Lipinski definition) is 4. The molecule has 2 aromatic rings. The first-order valence-electron chi connectivity index (χ1n) is 8.61. The van der Waals surface area contributed by atoms with E-state index in [0.29, 0.717) is 5.75 Å². The molecule has 8 heteroatoms. The molecular formula is C19H21FN2O4S. The van der Waals surface area contributed by atoms with Crippen LogP contribution in [0.2, 0.25) is 0 Å². The number of para-hydroxylation sites is 1. The van der Waals surface area contributed by atoms with Crippen molar-refractivity contribution in [1.82, 2.24) is 0 Å². The van der Waals surface area contributed by atoms with E-state index in [-0.39, 0.29) is 36.4 Å². The van der Waals surface area contributed by atoms with Crippen LogP contribution in [0.1, 0.15) is 19.3 Å². The van der Waals surface area contributed by atoms with Gasteiger partial charge in [0.15, 0.2) is 0 Å². The van der Waals surface area contributed by atoms with Gasteiger partial charge >= 0.3 is 0 Å². The van der Waals surface area contributed by atoms with Crippen LogP contribution < -0.4 is 14.4 Å². The highest BCUT2D eigenvalue weighted by molar-refractivity contribution is 7.92. The number of rotatable bonds is 8. The number of halogens is 1. The Balaban J connectivity index is 1.70. The summed E-state index contributed by atoms with van der Waals surface area (Å²) >= 11 is 0. The van der Waals surface area contributed by atoms with E-state index >= 15 is 0 Å². The van der Waals surface area contributed by atoms with Gasteiger partial charge < -0.3 is 10.1 Å². The molecule has 0 bridgehead atoms. The molecule has 0 radical (unpaired) electrons. The van der Waals surface area contributed by atoms with Crippen molar-refractivity contribution in [1.29, 1.82) is 0 Å². The van der Waals surface area contributed by atoms with Crippen LogP contribution in [0.25, 0.3) is 0 Å². The Kier molecular flexibility index (Phi) is 5.65. The lowest BCUT2D eigenvalue weighted by Gasteiger charge is -2.25. The fourth-order valence-corrected chi connectivity index (χ4v) is 4.02. The number of ether oxygens (including phenoxy) is 1. The van der Waals surface area contributed by atoms with Crippen molar-refractivity contribution in [3.05, 3.63) is 54.3 Å². The van der Waals surface area contributed by atoms with Gasteiger partial charge in [-0.25, -0.2) is 12.8 Å². The number of benzene rings is 2. The lowest BCUT2D eigenvalue weighted by molar-refractivity contribution is -0.116. The van der Waals surface area contributed by atoms with Gasteiger partial charge in [-0.05, 0) is 43.2 Å². The topological polar surface area (TPSA) is 75.7 Å². The van der Waals surface area contributed by atoms with E-state index in [1.54, 1.807) is 12.1 Å². The van der Waals surface area contributed by atoms with Crippen LogP contribution in [0.3, 0.4) is 0 Å². The molecule has 3 rings (SSSR count). The highest BCUT2D eigenvalue weighted by Crippen LogP contribution is 2.38. The largest absolute Gasteiger partial charge is 0.493 e. The molecule has 0 saturated heterocycles. The van der Waals surface area contributed by atoms with E-state index in [2.05, 4.69) is 5.32 Å². The molecular weight excluding hydrogens is 371 g/mol. The Morgan fingerprint density at radius 2 is 1.93 bits per heavy atom. The van der Waals surface area contributed by atoms with Crippen LogP contribution in [0.15, 0.2) is 48.5 Å². The van der Waals surface area contributed by atoms with E-state index in [4.69, 9.17) is 4.74 Å². The molecule has 0 atom stereocenters. The third-order valence-electron chi connectivity index (χ3n) is 4.05. The molecule has 2 aromatic carbocycles. The third-order valence-corrected chi connectivity index (χ3v) is 5.26. The Bertz CT molecular complexity index is 915. The van der Waals surface area contributed by atoms with Gasteiger partial charge in [0.1, 0.15) is 11.6 Å². The van der Waals surface area contributed by atoms with Crippen molar-refractivity contribution < 1.29 is 22.3 Å². The predicted molar refractivity (Wildman–Crippen MR) is 102 cm³/mol. The fourth-order valence-electron chi connectivity index (χ4n) is 2.75. The number of amides is 1. The van der Waals surface area contributed by atoms with E-state index in [9.17, 15) is 17.6 Å². The second-order valence-electron chi connectivity index (χ2n) is 6.41. The molecule has 6 nitrogen and oxygen atoms in total. The van der Waals surface area contributed by atoms with E-state index < -0.39 is 15.8 Å². The summed E-state index contributed by atoms with van der Waals surface area (Å²) in [5.74, 6) is -0.297. The number of anilines is 2. The molecule has 1 aliphatic rings. The minimum absolute atomic E-state index is 0.0488. The number of carbonyl (C=O) groups excluding carboxylic acids is 1. The second kappa shape index (κ2) is 7.96. The number of carbonyl (C=O) groups is 1. The van der Waals surface area contributed by atoms with Crippen molar-refractivity contribution in [3.63, 3.8) is 0 Å². The average molecular weight is 392 g/mol. The first-order valence-corrected chi connectivity index (χ1v) is 10.5. The van der Waals surface area contributed by atoms with E-state index in [1.807, 2.05) is 18.2 Å². The maximum Gasteiger partial charge on any atom is 0.232 e. The first kappa shape index (κ1) is 19.2. The van der Waals surface area contributed by atoms with Gasteiger partial charge in [0.2, 0.25) is 15.9 Å². The quantitative estimate of drug-likeness (QED) is 0.749. The van der Waals surface area contributed by atoms with E-state index in [1.165, 1.54) is 16.4 Å². The fraction of sp³-hybridized carbons (Fsp3) is 0.316. The van der Waals surface area contributed by atoms with Crippen LogP contribution in [-0.4, -0.2) is 33.2 Å². The summed E-state index contributed by atoms with van der Waals surface area (Å²) in [6, 6.07) is 12.6. The van der Waals surface area contributed by atoms with Gasteiger partial charge in [0.05, 0.1) is 30.7 Å². The van der Waals surface area contributed by atoms with Crippen LogP contribution in [0, 0.1) is 5.82 Å². The van der Waals surface area contributed by atoms with Gasteiger partial charge in [-0.2, -0.15) is 0 Å². The molecule has 0 unspecified atom stereocenters. The zero-order valence-electron chi connectivity index (χ0n) is 14.9. The minimum Gasteiger partial charge on any atom is -0.493 e. The predicted octanol–water partition coefficient (Wildman–Crippen LogP) is 3.16. The van der Waals surface area contributed by atoms with Gasteiger partial charge in [-0.3, -0.25) is 9.10 Å². The zero-order chi connectivity index (χ0) is 19.4. The van der Waals surface area contributed by atoms with E-state index in [0.717, 1.165) is 25.2 Å². The molecule has 144 valence electrons. The maximum absolute atomic E-state index is 13.7. The Labute approximate surface area is 158 Å². The molecule has 1 fully saturated rings. The number of sulfonamides is 1. The van der Waals surface area contributed by atoms with Crippen molar-refractivity contribution in [2.45, 2.75) is 25.3 Å². The molecule has 0 aliphatic heterocycles. The number of hydrogen-bond donors (Lipinski definition) is 1. The van der Waals surface area contributed by atoms with Crippen LogP contribution in [-0.2, 0) is 14.8 Å². The lowest BCUT2D eigenvalue weighted by Crippen LogP contribution is -2.33.